The highest BCUT2D eigenvalue weighted by molar-refractivity contribution is 4.91. The first-order chi connectivity index (χ1) is 10.4. The fourth-order valence-electron chi connectivity index (χ4n) is 2.45. The maximum atomic E-state index is 9.96. The Morgan fingerprint density at radius 3 is 2.14 bits per heavy atom. The highest BCUT2D eigenvalue weighted by Gasteiger charge is 2.47. The SMILES string of the molecule is CO[C@@H]1OC[C@@H](O[13C@@H]2O[C@H](CO)[C@H](O)[C@H](O)[C@H]2O)[C@H](O)[C@H]1O. The van der Waals surface area contributed by atoms with Crippen LogP contribution in [0.2, 0.25) is 0 Å². The van der Waals surface area contributed by atoms with Crippen molar-refractivity contribution in [2.75, 3.05) is 20.3 Å². The van der Waals surface area contributed by atoms with Crippen LogP contribution in [-0.4, -0.2) is 106 Å². The van der Waals surface area contributed by atoms with E-state index in [1.165, 1.54) is 7.11 Å². The predicted molar refractivity (Wildman–Crippen MR) is 67.4 cm³/mol. The maximum absolute atomic E-state index is 9.96. The van der Waals surface area contributed by atoms with Crippen LogP contribution in [0.25, 0.3) is 0 Å². The van der Waals surface area contributed by atoms with Gasteiger partial charge in [-0.2, -0.15) is 0 Å². The van der Waals surface area contributed by atoms with E-state index < -0.39 is 61.9 Å². The zero-order valence-electron chi connectivity index (χ0n) is 11.9. The minimum atomic E-state index is -1.60. The van der Waals surface area contributed by atoms with Gasteiger partial charge in [0.1, 0.15) is 42.7 Å². The first-order valence-corrected chi connectivity index (χ1v) is 6.87. The first-order valence-electron chi connectivity index (χ1n) is 6.87. The Balaban J connectivity index is 2.00. The van der Waals surface area contributed by atoms with E-state index in [-0.39, 0.29) is 6.61 Å². The van der Waals surface area contributed by atoms with E-state index in [1.807, 2.05) is 0 Å². The minimum Gasteiger partial charge on any atom is -0.394 e. The third-order valence-electron chi connectivity index (χ3n) is 3.82. The van der Waals surface area contributed by atoms with Crippen LogP contribution in [0, 0.1) is 0 Å². The van der Waals surface area contributed by atoms with E-state index >= 15 is 0 Å². The van der Waals surface area contributed by atoms with E-state index in [9.17, 15) is 25.5 Å². The number of aliphatic hydroxyl groups is 6. The molecule has 10 nitrogen and oxygen atoms in total. The molecule has 9 atom stereocenters. The van der Waals surface area contributed by atoms with Gasteiger partial charge in [0.25, 0.3) is 0 Å². The molecule has 0 aromatic carbocycles. The lowest BCUT2D eigenvalue weighted by Crippen LogP contribution is -2.62. The zero-order chi connectivity index (χ0) is 16.4. The second-order valence-electron chi connectivity index (χ2n) is 5.29. The molecule has 130 valence electrons. The average molecular weight is 327 g/mol. The van der Waals surface area contributed by atoms with Crippen molar-refractivity contribution in [3.05, 3.63) is 0 Å². The average Bonchev–Trinajstić information content (AvgIpc) is 2.52. The van der Waals surface area contributed by atoms with Crippen LogP contribution >= 0.6 is 0 Å². The van der Waals surface area contributed by atoms with E-state index in [0.29, 0.717) is 0 Å². The fraction of sp³-hybridized carbons (Fsp3) is 1.00. The topological polar surface area (TPSA) is 158 Å². The van der Waals surface area contributed by atoms with Crippen LogP contribution in [0.3, 0.4) is 0 Å². The molecule has 0 unspecified atom stereocenters. The van der Waals surface area contributed by atoms with Crippen molar-refractivity contribution in [3.63, 3.8) is 0 Å². The largest absolute Gasteiger partial charge is 0.394 e. The van der Waals surface area contributed by atoms with Crippen LogP contribution < -0.4 is 0 Å². The number of aliphatic hydroxyl groups excluding tert-OH is 6. The molecule has 2 saturated heterocycles. The molecule has 2 aliphatic heterocycles. The Kier molecular flexibility index (Phi) is 6.07. The summed E-state index contributed by atoms with van der Waals surface area (Å²) in [4.78, 5) is 0. The van der Waals surface area contributed by atoms with Gasteiger partial charge < -0.3 is 49.6 Å². The van der Waals surface area contributed by atoms with Gasteiger partial charge in [0.2, 0.25) is 0 Å². The van der Waals surface area contributed by atoms with Crippen LogP contribution in [0.1, 0.15) is 0 Å². The number of ether oxygens (including phenoxy) is 4. The molecule has 2 heterocycles. The van der Waals surface area contributed by atoms with Gasteiger partial charge >= 0.3 is 0 Å². The molecule has 0 amide bonds. The summed E-state index contributed by atoms with van der Waals surface area (Å²) in [6.45, 7) is -0.741. The fourth-order valence-corrected chi connectivity index (χ4v) is 2.45. The molecule has 10 heteroatoms. The van der Waals surface area contributed by atoms with Gasteiger partial charge in [-0.15, -0.1) is 0 Å². The van der Waals surface area contributed by atoms with Gasteiger partial charge in [0.05, 0.1) is 13.2 Å². The molecule has 0 spiro atoms. The molecular weight excluding hydrogens is 305 g/mol. The summed E-state index contributed by atoms with van der Waals surface area (Å²) in [6, 6.07) is 0. The molecule has 0 radical (unpaired) electrons. The molecule has 0 saturated carbocycles. The van der Waals surface area contributed by atoms with Gasteiger partial charge in [-0.1, -0.05) is 0 Å². The Bertz CT molecular complexity index is 353. The Morgan fingerprint density at radius 1 is 0.909 bits per heavy atom. The Hall–Kier alpha value is -0.400. The minimum absolute atomic E-state index is 0.147. The van der Waals surface area contributed by atoms with Gasteiger partial charge in [-0.25, -0.2) is 0 Å². The molecule has 6 N–H and O–H groups in total. The second-order valence-corrected chi connectivity index (χ2v) is 5.29. The second kappa shape index (κ2) is 7.45. The molecule has 22 heavy (non-hydrogen) atoms. The smallest absolute Gasteiger partial charge is 0.187 e. The van der Waals surface area contributed by atoms with Crippen molar-refractivity contribution >= 4 is 0 Å². The molecule has 0 bridgehead atoms. The van der Waals surface area contributed by atoms with E-state index in [2.05, 4.69) is 0 Å². The van der Waals surface area contributed by atoms with Crippen molar-refractivity contribution in [2.24, 2.45) is 0 Å². The standard InChI is InChI=1S/C12H22O10/c1-19-11-9(17)7(15)5(3-20-11)22-12-10(18)8(16)6(14)4(2-13)21-12/h4-18H,2-3H2,1H3/t4-,5-,6+,7+,8+,9-,10-,11-,12+/m1/s1/i12+1. The van der Waals surface area contributed by atoms with Gasteiger partial charge in [-0.3, -0.25) is 0 Å². The number of rotatable bonds is 4. The van der Waals surface area contributed by atoms with E-state index in [4.69, 9.17) is 24.1 Å². The van der Waals surface area contributed by atoms with Crippen molar-refractivity contribution in [2.45, 2.75) is 55.3 Å². The third kappa shape index (κ3) is 3.41. The van der Waals surface area contributed by atoms with Crippen LogP contribution in [0.4, 0.5) is 0 Å². The van der Waals surface area contributed by atoms with Crippen molar-refractivity contribution in [1.29, 1.82) is 0 Å². The summed E-state index contributed by atoms with van der Waals surface area (Å²) in [7, 11) is 1.30. The van der Waals surface area contributed by atoms with E-state index in [1.54, 1.807) is 0 Å². The van der Waals surface area contributed by atoms with Crippen molar-refractivity contribution in [3.8, 4) is 0 Å². The highest BCUT2D eigenvalue weighted by atomic mass is 16.8. The van der Waals surface area contributed by atoms with Crippen molar-refractivity contribution < 1.29 is 49.6 Å². The highest BCUT2D eigenvalue weighted by Crippen LogP contribution is 2.26. The number of hydrogen-bond acceptors (Lipinski definition) is 10. The summed E-state index contributed by atoms with van der Waals surface area (Å²) in [5, 5.41) is 58.0. The molecule has 2 rings (SSSR count). The quantitative estimate of drug-likeness (QED) is 0.280. The maximum Gasteiger partial charge on any atom is 0.187 e. The zero-order valence-corrected chi connectivity index (χ0v) is 11.9. The summed E-state index contributed by atoms with van der Waals surface area (Å²) in [5.41, 5.74) is 0. The summed E-state index contributed by atoms with van der Waals surface area (Å²) in [5.74, 6) is 0. The van der Waals surface area contributed by atoms with Crippen LogP contribution in [0.5, 0.6) is 0 Å². The Morgan fingerprint density at radius 2 is 1.55 bits per heavy atom. The van der Waals surface area contributed by atoms with E-state index in [0.717, 1.165) is 0 Å². The van der Waals surface area contributed by atoms with Gasteiger partial charge in [0, 0.05) is 7.11 Å². The summed E-state index contributed by atoms with van der Waals surface area (Å²) >= 11 is 0. The molecule has 2 fully saturated rings. The lowest BCUT2D eigenvalue weighted by molar-refractivity contribution is -0.341. The predicted octanol–water partition coefficient (Wildman–Crippen LogP) is -4.10. The summed E-state index contributed by atoms with van der Waals surface area (Å²) < 4.78 is 20.5. The molecule has 2 aliphatic rings. The Labute approximate surface area is 126 Å². The monoisotopic (exact) mass is 327 g/mol. The summed E-state index contributed by atoms with van der Waals surface area (Å²) in [6.07, 6.45) is -12.0. The molecular formula is C12H22O10. The third-order valence-corrected chi connectivity index (χ3v) is 3.82. The molecule has 0 aromatic rings. The molecule has 0 aromatic heterocycles. The number of hydrogen-bond donors (Lipinski definition) is 6. The van der Waals surface area contributed by atoms with Crippen LogP contribution in [0.15, 0.2) is 0 Å². The van der Waals surface area contributed by atoms with Gasteiger partial charge in [0.15, 0.2) is 12.6 Å². The van der Waals surface area contributed by atoms with Gasteiger partial charge in [-0.05, 0) is 0 Å². The lowest BCUT2D eigenvalue weighted by Gasteiger charge is -2.43. The first kappa shape index (κ1) is 17.9. The molecule has 0 aliphatic carbocycles. The number of methoxy groups -OCH3 is 1. The lowest BCUT2D eigenvalue weighted by atomic mass is 10.0. The van der Waals surface area contributed by atoms with Crippen molar-refractivity contribution in [1.82, 2.24) is 0 Å². The normalized spacial score (nSPS) is 50.0. The van der Waals surface area contributed by atoms with Crippen LogP contribution in [-0.2, 0) is 18.9 Å².